The molecule has 4 nitrogen and oxygen atoms in total. The molecule has 0 spiro atoms. The lowest BCUT2D eigenvalue weighted by atomic mass is 10.0. The third kappa shape index (κ3) is 30.4. The average Bonchev–Trinajstić information content (AvgIpc) is 2.93. The molecule has 230 valence electrons. The lowest BCUT2D eigenvalue weighted by Gasteiger charge is -2.16. The topological polar surface area (TPSA) is 63.6 Å². The lowest BCUT2D eigenvalue weighted by molar-refractivity contribution is -0.153. The molecule has 40 heavy (non-hydrogen) atoms. The smallest absolute Gasteiger partial charge is 0.307 e. The number of ether oxygens (including phenoxy) is 1. The highest BCUT2D eigenvalue weighted by Crippen LogP contribution is 2.16. The van der Waals surface area contributed by atoms with Gasteiger partial charge in [0, 0.05) is 6.42 Å². The van der Waals surface area contributed by atoms with E-state index >= 15 is 0 Å². The zero-order chi connectivity index (χ0) is 29.4. The minimum atomic E-state index is -0.896. The number of esters is 1. The zero-order valence-corrected chi connectivity index (χ0v) is 26.1. The molecule has 0 aromatic heterocycles. The highest BCUT2D eigenvalue weighted by atomic mass is 16.5. The van der Waals surface area contributed by atoms with Gasteiger partial charge >= 0.3 is 11.9 Å². The minimum absolute atomic E-state index is 0.0913. The van der Waals surface area contributed by atoms with Gasteiger partial charge in [0.25, 0.3) is 0 Å². The summed E-state index contributed by atoms with van der Waals surface area (Å²) >= 11 is 0. The molecule has 4 heteroatoms. The molecule has 0 aromatic rings. The van der Waals surface area contributed by atoms with Crippen LogP contribution < -0.4 is 0 Å². The molecule has 0 saturated carbocycles. The Balaban J connectivity index is 3.80. The third-order valence-electron chi connectivity index (χ3n) is 7.05. The number of carbonyl (C=O) groups excluding carboxylic acids is 1. The van der Waals surface area contributed by atoms with Crippen LogP contribution in [0, 0.1) is 0 Å². The van der Waals surface area contributed by atoms with E-state index in [1.807, 2.05) is 0 Å². The van der Waals surface area contributed by atoms with Gasteiger partial charge < -0.3 is 9.84 Å². The Bertz CT molecular complexity index is 689. The van der Waals surface area contributed by atoms with Gasteiger partial charge in [-0.05, 0) is 57.8 Å². The van der Waals surface area contributed by atoms with E-state index in [9.17, 15) is 14.7 Å². The van der Waals surface area contributed by atoms with Crippen LogP contribution in [0.15, 0.2) is 48.6 Å². The van der Waals surface area contributed by atoms with Crippen molar-refractivity contribution in [3.63, 3.8) is 0 Å². The monoisotopic (exact) mass is 558 g/mol. The Hall–Kier alpha value is -2.10. The van der Waals surface area contributed by atoms with E-state index in [-0.39, 0.29) is 12.4 Å². The first-order valence-electron chi connectivity index (χ1n) is 16.6. The van der Waals surface area contributed by atoms with Gasteiger partial charge in [-0.2, -0.15) is 0 Å². The average molecular weight is 559 g/mol. The van der Waals surface area contributed by atoms with Crippen molar-refractivity contribution < 1.29 is 19.4 Å². The summed E-state index contributed by atoms with van der Waals surface area (Å²) in [6.07, 6.45) is 41.2. The molecular formula is C36H62O4. The summed E-state index contributed by atoms with van der Waals surface area (Å²) in [5, 5.41) is 9.21. The molecule has 0 aliphatic rings. The second kappa shape index (κ2) is 31.4. The first kappa shape index (κ1) is 37.9. The van der Waals surface area contributed by atoms with E-state index in [0.29, 0.717) is 12.8 Å². The number of unbranched alkanes of at least 4 members (excludes halogenated alkanes) is 14. The van der Waals surface area contributed by atoms with Crippen molar-refractivity contribution in [2.45, 2.75) is 168 Å². The molecule has 0 radical (unpaired) electrons. The maximum absolute atomic E-state index is 12.3. The molecule has 0 aromatic carbocycles. The number of hydrogen-bond acceptors (Lipinski definition) is 3. The van der Waals surface area contributed by atoms with Crippen molar-refractivity contribution in [1.82, 2.24) is 0 Å². The van der Waals surface area contributed by atoms with Crippen molar-refractivity contribution >= 4 is 11.9 Å². The summed E-state index contributed by atoms with van der Waals surface area (Å²) in [6.45, 7) is 4.40. The number of carbonyl (C=O) groups is 2. The van der Waals surface area contributed by atoms with Crippen LogP contribution in [0.25, 0.3) is 0 Å². The van der Waals surface area contributed by atoms with E-state index in [2.05, 4.69) is 62.5 Å². The molecule has 0 aliphatic heterocycles. The number of aliphatic carboxylic acids is 1. The van der Waals surface area contributed by atoms with Crippen LogP contribution in [0.4, 0.5) is 0 Å². The molecule has 0 saturated heterocycles. The number of carboxylic acid groups (broad SMARTS) is 1. The number of allylic oxidation sites excluding steroid dienone is 8. The van der Waals surface area contributed by atoms with E-state index in [0.717, 1.165) is 57.8 Å². The van der Waals surface area contributed by atoms with Crippen LogP contribution in [-0.2, 0) is 14.3 Å². The van der Waals surface area contributed by atoms with E-state index in [1.54, 1.807) is 0 Å². The Morgan fingerprint density at radius 3 is 1.57 bits per heavy atom. The van der Waals surface area contributed by atoms with Crippen LogP contribution in [0.2, 0.25) is 0 Å². The Morgan fingerprint density at radius 2 is 1.07 bits per heavy atom. The normalized spacial score (nSPS) is 12.8. The standard InChI is InChI=1S/C36H62O4/c1-3-5-7-9-11-13-15-17-18-20-22-24-26-28-30-32-36(39)40-34(33-35(37)38)31-29-27-25-23-21-19-16-14-12-10-8-6-4-2/h5,7,11,13,17-18,22,24,34H,3-4,6,8-10,12,14-16,19-21,23,25-33H2,1-2H3,(H,37,38)/b7-5-,13-11-,18-17-,24-22-. The molecule has 0 rings (SSSR count). The largest absolute Gasteiger partial charge is 0.481 e. The van der Waals surface area contributed by atoms with Gasteiger partial charge in [-0.25, -0.2) is 0 Å². The lowest BCUT2D eigenvalue weighted by Crippen LogP contribution is -2.21. The summed E-state index contributed by atoms with van der Waals surface area (Å²) < 4.78 is 5.53. The molecule has 0 heterocycles. The van der Waals surface area contributed by atoms with Gasteiger partial charge in [-0.3, -0.25) is 9.59 Å². The molecular weight excluding hydrogens is 496 g/mol. The van der Waals surface area contributed by atoms with Gasteiger partial charge in [-0.1, -0.05) is 140 Å². The highest BCUT2D eigenvalue weighted by Gasteiger charge is 2.17. The van der Waals surface area contributed by atoms with Crippen LogP contribution in [0.3, 0.4) is 0 Å². The fourth-order valence-corrected chi connectivity index (χ4v) is 4.66. The molecule has 1 unspecified atom stereocenters. The first-order valence-corrected chi connectivity index (χ1v) is 16.6. The number of hydrogen-bond donors (Lipinski definition) is 1. The molecule has 0 aliphatic carbocycles. The quantitative estimate of drug-likeness (QED) is 0.0563. The summed E-state index contributed by atoms with van der Waals surface area (Å²) in [6, 6.07) is 0. The molecule has 0 bridgehead atoms. The first-order chi connectivity index (χ1) is 19.6. The fourth-order valence-electron chi connectivity index (χ4n) is 4.66. The van der Waals surface area contributed by atoms with Crippen LogP contribution in [-0.4, -0.2) is 23.1 Å². The maximum atomic E-state index is 12.3. The van der Waals surface area contributed by atoms with Crippen molar-refractivity contribution in [3.8, 4) is 0 Å². The van der Waals surface area contributed by atoms with Crippen molar-refractivity contribution in [1.29, 1.82) is 0 Å². The Morgan fingerprint density at radius 1 is 0.600 bits per heavy atom. The second-order valence-electron chi connectivity index (χ2n) is 11.0. The molecule has 0 amide bonds. The van der Waals surface area contributed by atoms with Gasteiger partial charge in [-0.15, -0.1) is 0 Å². The third-order valence-corrected chi connectivity index (χ3v) is 7.05. The van der Waals surface area contributed by atoms with Crippen molar-refractivity contribution in [2.24, 2.45) is 0 Å². The van der Waals surface area contributed by atoms with Crippen LogP contribution >= 0.6 is 0 Å². The number of carboxylic acids is 1. The molecule has 1 atom stereocenters. The summed E-state index contributed by atoms with van der Waals surface area (Å²) in [7, 11) is 0. The summed E-state index contributed by atoms with van der Waals surface area (Å²) in [5.74, 6) is -1.15. The number of rotatable bonds is 29. The van der Waals surface area contributed by atoms with E-state index in [1.165, 1.54) is 70.6 Å². The van der Waals surface area contributed by atoms with Crippen molar-refractivity contribution in [3.05, 3.63) is 48.6 Å². The fraction of sp³-hybridized carbons (Fsp3) is 0.722. The minimum Gasteiger partial charge on any atom is -0.481 e. The summed E-state index contributed by atoms with van der Waals surface area (Å²) in [4.78, 5) is 23.5. The van der Waals surface area contributed by atoms with Crippen molar-refractivity contribution in [2.75, 3.05) is 0 Å². The highest BCUT2D eigenvalue weighted by molar-refractivity contribution is 5.71. The SMILES string of the molecule is CC/C=C\C/C=C\C/C=C\C/C=C\CCCCC(=O)OC(CCCCCCCCCCCCCCC)CC(=O)O. The van der Waals surface area contributed by atoms with Gasteiger partial charge in [0.2, 0.25) is 0 Å². The maximum Gasteiger partial charge on any atom is 0.307 e. The van der Waals surface area contributed by atoms with E-state index in [4.69, 9.17) is 4.74 Å². The predicted molar refractivity (Wildman–Crippen MR) is 172 cm³/mol. The van der Waals surface area contributed by atoms with E-state index < -0.39 is 12.1 Å². The van der Waals surface area contributed by atoms with Gasteiger partial charge in [0.05, 0.1) is 6.42 Å². The Kier molecular flexibility index (Phi) is 29.8. The van der Waals surface area contributed by atoms with Gasteiger partial charge in [0.15, 0.2) is 0 Å². The predicted octanol–water partition coefficient (Wildman–Crippen LogP) is 11.2. The molecule has 0 fully saturated rings. The molecule has 1 N–H and O–H groups in total. The zero-order valence-electron chi connectivity index (χ0n) is 26.1. The van der Waals surface area contributed by atoms with Gasteiger partial charge in [0.1, 0.15) is 6.10 Å². The summed E-state index contributed by atoms with van der Waals surface area (Å²) in [5.41, 5.74) is 0. The Labute approximate surface area is 247 Å². The second-order valence-corrected chi connectivity index (χ2v) is 11.0. The van der Waals surface area contributed by atoms with Crippen LogP contribution in [0.1, 0.15) is 162 Å². The van der Waals surface area contributed by atoms with Crippen LogP contribution in [0.5, 0.6) is 0 Å².